The summed E-state index contributed by atoms with van der Waals surface area (Å²) in [5.74, 6) is 1.16. The van der Waals surface area contributed by atoms with Crippen LogP contribution in [0.1, 0.15) is 26.3 Å². The molecule has 1 aromatic rings. The molecule has 25 heavy (non-hydrogen) atoms. The third kappa shape index (κ3) is 5.73. The molecule has 1 fully saturated rings. The van der Waals surface area contributed by atoms with Crippen molar-refractivity contribution in [3.63, 3.8) is 0 Å². The van der Waals surface area contributed by atoms with Gasteiger partial charge in [0.2, 0.25) is 0 Å². The molecule has 0 bridgehead atoms. The Morgan fingerprint density at radius 2 is 2.12 bits per heavy atom. The van der Waals surface area contributed by atoms with Crippen LogP contribution in [-0.4, -0.2) is 61.1 Å². The van der Waals surface area contributed by atoms with E-state index < -0.39 is 14.6 Å². The molecule has 1 aliphatic rings. The van der Waals surface area contributed by atoms with Crippen LogP contribution in [0.25, 0.3) is 0 Å². The average molecular weight is 481 g/mol. The van der Waals surface area contributed by atoms with Crippen molar-refractivity contribution in [3.05, 3.63) is 29.8 Å². The summed E-state index contributed by atoms with van der Waals surface area (Å²) in [4.78, 5) is 6.65. The van der Waals surface area contributed by atoms with Gasteiger partial charge in [-0.3, -0.25) is 4.99 Å². The Kier molecular flexibility index (Phi) is 7.98. The molecule has 1 aliphatic heterocycles. The van der Waals surface area contributed by atoms with Crippen molar-refractivity contribution in [1.82, 2.24) is 10.2 Å². The highest BCUT2D eigenvalue weighted by atomic mass is 127. The monoisotopic (exact) mass is 481 g/mol. The van der Waals surface area contributed by atoms with E-state index in [-0.39, 0.29) is 35.5 Å². The van der Waals surface area contributed by atoms with Crippen LogP contribution in [0.4, 0.5) is 0 Å². The first-order chi connectivity index (χ1) is 11.2. The van der Waals surface area contributed by atoms with Crippen molar-refractivity contribution in [3.8, 4) is 5.75 Å². The van der Waals surface area contributed by atoms with E-state index in [0.717, 1.165) is 24.5 Å². The number of phenols is 1. The predicted octanol–water partition coefficient (Wildman–Crippen LogP) is 2.03. The second-order valence-corrected chi connectivity index (χ2v) is 9.40. The lowest BCUT2D eigenvalue weighted by molar-refractivity contribution is 0.353. The van der Waals surface area contributed by atoms with Gasteiger partial charge < -0.3 is 15.3 Å². The summed E-state index contributed by atoms with van der Waals surface area (Å²) < 4.78 is 23.5. The van der Waals surface area contributed by atoms with Crippen LogP contribution in [-0.2, 0) is 16.3 Å². The zero-order valence-electron chi connectivity index (χ0n) is 15.0. The number of nitrogens with one attached hydrogen (secondary N) is 1. The lowest BCUT2D eigenvalue weighted by Crippen LogP contribution is -2.57. The molecular formula is C17H28IN3O3S. The Hall–Kier alpha value is -1.03. The van der Waals surface area contributed by atoms with E-state index in [1.54, 1.807) is 26.0 Å². The number of hydrogen-bond acceptors (Lipinski definition) is 4. The number of benzene rings is 1. The first kappa shape index (κ1) is 22.0. The summed E-state index contributed by atoms with van der Waals surface area (Å²) in [5, 5.41) is 12.7. The van der Waals surface area contributed by atoms with Crippen LogP contribution in [0, 0.1) is 0 Å². The molecule has 0 amide bonds. The number of rotatable bonds is 4. The molecule has 8 heteroatoms. The van der Waals surface area contributed by atoms with E-state index >= 15 is 0 Å². The highest BCUT2D eigenvalue weighted by molar-refractivity contribution is 14.0. The fourth-order valence-corrected chi connectivity index (χ4v) is 4.12. The normalized spacial score (nSPS) is 19.2. The molecule has 0 spiro atoms. The summed E-state index contributed by atoms with van der Waals surface area (Å²) in [6.07, 6.45) is 0.721. The minimum absolute atomic E-state index is 0. The van der Waals surface area contributed by atoms with Crippen LogP contribution < -0.4 is 5.32 Å². The SMILES string of the molecule is CCNC(=NCCc1cccc(O)c1)N1CCS(=O)(=O)C(C)(C)C1.I. The summed E-state index contributed by atoms with van der Waals surface area (Å²) >= 11 is 0. The maximum atomic E-state index is 12.1. The molecule has 0 unspecified atom stereocenters. The molecule has 1 heterocycles. The largest absolute Gasteiger partial charge is 0.508 e. The van der Waals surface area contributed by atoms with Crippen molar-refractivity contribution < 1.29 is 13.5 Å². The van der Waals surface area contributed by atoms with Crippen molar-refractivity contribution in [2.75, 3.05) is 31.9 Å². The van der Waals surface area contributed by atoms with Gasteiger partial charge >= 0.3 is 0 Å². The van der Waals surface area contributed by atoms with Crippen molar-refractivity contribution in [1.29, 1.82) is 0 Å². The quantitative estimate of drug-likeness (QED) is 0.391. The zero-order valence-corrected chi connectivity index (χ0v) is 18.2. The summed E-state index contributed by atoms with van der Waals surface area (Å²) in [7, 11) is -3.06. The maximum Gasteiger partial charge on any atom is 0.194 e. The first-order valence-electron chi connectivity index (χ1n) is 8.28. The molecule has 0 radical (unpaired) electrons. The zero-order chi connectivity index (χ0) is 17.8. The molecule has 0 aromatic heterocycles. The molecule has 142 valence electrons. The van der Waals surface area contributed by atoms with Crippen molar-refractivity contribution in [2.45, 2.75) is 31.9 Å². The molecule has 2 N–H and O–H groups in total. The Bertz CT molecular complexity index is 705. The van der Waals surface area contributed by atoms with Gasteiger partial charge in [-0.25, -0.2) is 8.42 Å². The van der Waals surface area contributed by atoms with Crippen molar-refractivity contribution >= 4 is 39.8 Å². The van der Waals surface area contributed by atoms with E-state index in [4.69, 9.17) is 0 Å². The third-order valence-electron chi connectivity index (χ3n) is 4.25. The second kappa shape index (κ2) is 9.07. The average Bonchev–Trinajstić information content (AvgIpc) is 2.49. The third-order valence-corrected chi connectivity index (χ3v) is 6.78. The Morgan fingerprint density at radius 1 is 1.40 bits per heavy atom. The minimum atomic E-state index is -3.06. The molecule has 0 atom stereocenters. The highest BCUT2D eigenvalue weighted by Gasteiger charge is 2.40. The van der Waals surface area contributed by atoms with E-state index in [1.807, 2.05) is 24.0 Å². The predicted molar refractivity (Wildman–Crippen MR) is 113 cm³/mol. The Labute approximate surface area is 167 Å². The number of hydrogen-bond donors (Lipinski definition) is 2. The standard InChI is InChI=1S/C17H27N3O3S.HI/c1-4-18-16(19-9-8-14-6-5-7-15(21)12-14)20-10-11-24(22,23)17(2,3)13-20;/h5-7,12,21H,4,8-11,13H2,1-3H3,(H,18,19);1H. The number of halogens is 1. The minimum Gasteiger partial charge on any atom is -0.508 e. The molecule has 2 rings (SSSR count). The lowest BCUT2D eigenvalue weighted by atomic mass is 10.1. The lowest BCUT2D eigenvalue weighted by Gasteiger charge is -2.39. The topological polar surface area (TPSA) is 82.0 Å². The van der Waals surface area contributed by atoms with Gasteiger partial charge in [0.15, 0.2) is 15.8 Å². The number of aliphatic imine (C=N–C) groups is 1. The van der Waals surface area contributed by atoms with Crippen LogP contribution in [0.3, 0.4) is 0 Å². The molecule has 0 aliphatic carbocycles. The van der Waals surface area contributed by atoms with E-state index in [2.05, 4.69) is 10.3 Å². The number of sulfone groups is 1. The van der Waals surface area contributed by atoms with Crippen molar-refractivity contribution in [2.24, 2.45) is 4.99 Å². The van der Waals surface area contributed by atoms with E-state index in [1.165, 1.54) is 0 Å². The van der Waals surface area contributed by atoms with Gasteiger partial charge in [0.1, 0.15) is 5.75 Å². The van der Waals surface area contributed by atoms with Gasteiger partial charge in [0.05, 0.1) is 10.5 Å². The maximum absolute atomic E-state index is 12.1. The number of nitrogens with zero attached hydrogens (tertiary/aromatic N) is 2. The van der Waals surface area contributed by atoms with Crippen LogP contribution in [0.15, 0.2) is 29.3 Å². The van der Waals surface area contributed by atoms with E-state index in [0.29, 0.717) is 19.6 Å². The second-order valence-electron chi connectivity index (χ2n) is 6.66. The van der Waals surface area contributed by atoms with Gasteiger partial charge in [-0.15, -0.1) is 24.0 Å². The smallest absolute Gasteiger partial charge is 0.194 e. The fraction of sp³-hybridized carbons (Fsp3) is 0.588. The van der Waals surface area contributed by atoms with Gasteiger partial charge in [-0.05, 0) is 44.9 Å². The van der Waals surface area contributed by atoms with Crippen LogP contribution in [0.5, 0.6) is 5.75 Å². The molecule has 1 saturated heterocycles. The fourth-order valence-electron chi connectivity index (χ4n) is 2.75. The number of guanidine groups is 1. The number of aromatic hydroxyl groups is 1. The summed E-state index contributed by atoms with van der Waals surface area (Å²) in [6.45, 7) is 7.74. The van der Waals surface area contributed by atoms with Gasteiger partial charge in [0.25, 0.3) is 0 Å². The molecular weight excluding hydrogens is 453 g/mol. The van der Waals surface area contributed by atoms with Gasteiger partial charge in [-0.2, -0.15) is 0 Å². The molecule has 0 saturated carbocycles. The summed E-state index contributed by atoms with van der Waals surface area (Å²) in [5.41, 5.74) is 1.02. The highest BCUT2D eigenvalue weighted by Crippen LogP contribution is 2.23. The van der Waals surface area contributed by atoms with Crippen LogP contribution in [0.2, 0.25) is 0 Å². The van der Waals surface area contributed by atoms with Gasteiger partial charge in [0, 0.05) is 26.2 Å². The number of phenolic OH excluding ortho intramolecular Hbond substituents is 1. The first-order valence-corrected chi connectivity index (χ1v) is 9.94. The van der Waals surface area contributed by atoms with Gasteiger partial charge in [-0.1, -0.05) is 12.1 Å². The summed E-state index contributed by atoms with van der Waals surface area (Å²) in [6, 6.07) is 7.16. The van der Waals surface area contributed by atoms with E-state index in [9.17, 15) is 13.5 Å². The molecule has 1 aromatic carbocycles. The van der Waals surface area contributed by atoms with Crippen LogP contribution >= 0.6 is 24.0 Å². The molecule has 6 nitrogen and oxygen atoms in total. The Morgan fingerprint density at radius 3 is 2.72 bits per heavy atom. The Balaban J connectivity index is 0.00000312.